The Balaban J connectivity index is 2.09. The summed E-state index contributed by atoms with van der Waals surface area (Å²) >= 11 is 0. The minimum Gasteiger partial charge on any atom is -0.493 e. The van der Waals surface area contributed by atoms with Gasteiger partial charge in [0.05, 0.1) is 6.61 Å². The van der Waals surface area contributed by atoms with E-state index in [2.05, 4.69) is 26.1 Å². The fourth-order valence-electron chi connectivity index (χ4n) is 3.57. The van der Waals surface area contributed by atoms with Gasteiger partial charge in [-0.15, -0.1) is 0 Å². The molecular formula is C21H33NO3. The second kappa shape index (κ2) is 8.70. The molecule has 25 heavy (non-hydrogen) atoms. The number of hydrogen-bond donors (Lipinski definition) is 1. The van der Waals surface area contributed by atoms with Gasteiger partial charge < -0.3 is 14.8 Å². The third-order valence-electron chi connectivity index (χ3n) is 4.80. The van der Waals surface area contributed by atoms with E-state index in [1.807, 2.05) is 32.0 Å². The van der Waals surface area contributed by atoms with E-state index >= 15 is 0 Å². The van der Waals surface area contributed by atoms with Crippen molar-refractivity contribution in [1.29, 1.82) is 0 Å². The van der Waals surface area contributed by atoms with Crippen molar-refractivity contribution in [2.75, 3.05) is 18.5 Å². The smallest absolute Gasteiger partial charge is 0.256 e. The van der Waals surface area contributed by atoms with Gasteiger partial charge in [0.1, 0.15) is 11.4 Å². The van der Waals surface area contributed by atoms with Gasteiger partial charge in [-0.25, -0.2) is 0 Å². The van der Waals surface area contributed by atoms with Crippen LogP contribution in [-0.2, 0) is 9.53 Å². The molecule has 4 heteroatoms. The van der Waals surface area contributed by atoms with Crippen LogP contribution in [0.1, 0.15) is 58.9 Å². The third kappa shape index (κ3) is 5.21. The van der Waals surface area contributed by atoms with E-state index in [1.54, 1.807) is 0 Å². The molecule has 0 aliphatic heterocycles. The second-order valence-electron chi connectivity index (χ2n) is 7.77. The highest BCUT2D eigenvalue weighted by Gasteiger charge is 2.42. The predicted molar refractivity (Wildman–Crippen MR) is 102 cm³/mol. The second-order valence-corrected chi connectivity index (χ2v) is 7.77. The third-order valence-corrected chi connectivity index (χ3v) is 4.80. The first-order chi connectivity index (χ1) is 11.9. The molecule has 0 radical (unpaired) electrons. The van der Waals surface area contributed by atoms with Crippen LogP contribution in [0.25, 0.3) is 0 Å². The normalized spacial score (nSPS) is 23.5. The average molecular weight is 347 g/mol. The van der Waals surface area contributed by atoms with Crippen molar-refractivity contribution >= 4 is 11.6 Å². The molecule has 2 unspecified atom stereocenters. The quantitative estimate of drug-likeness (QED) is 0.759. The predicted octanol–water partition coefficient (Wildman–Crippen LogP) is 4.95. The van der Waals surface area contributed by atoms with E-state index in [0.717, 1.165) is 36.3 Å². The zero-order valence-electron chi connectivity index (χ0n) is 16.4. The fourth-order valence-corrected chi connectivity index (χ4v) is 3.57. The van der Waals surface area contributed by atoms with E-state index < -0.39 is 5.60 Å². The van der Waals surface area contributed by atoms with Crippen molar-refractivity contribution in [3.8, 4) is 5.75 Å². The van der Waals surface area contributed by atoms with Crippen molar-refractivity contribution < 1.29 is 14.3 Å². The number of ether oxygens (including phenoxy) is 2. The van der Waals surface area contributed by atoms with Gasteiger partial charge >= 0.3 is 0 Å². The summed E-state index contributed by atoms with van der Waals surface area (Å²) in [5.74, 6) is 1.85. The molecule has 0 bridgehead atoms. The number of rotatable bonds is 7. The molecule has 1 saturated carbocycles. The molecule has 0 saturated heterocycles. The molecule has 2 rings (SSSR count). The SMILES string of the molecule is CCOC1(C(=O)Nc2ccc(OCC(C)C)c(C)c2)CCCC(C)C1. The Kier molecular flexibility index (Phi) is 6.88. The lowest BCUT2D eigenvalue weighted by Crippen LogP contribution is -2.48. The first-order valence-electron chi connectivity index (χ1n) is 9.55. The maximum Gasteiger partial charge on any atom is 0.256 e. The lowest BCUT2D eigenvalue weighted by Gasteiger charge is -2.38. The topological polar surface area (TPSA) is 47.6 Å². The van der Waals surface area contributed by atoms with Gasteiger partial charge in [-0.3, -0.25) is 4.79 Å². The molecule has 0 spiro atoms. The standard InChI is InChI=1S/C21H33NO3/c1-6-25-21(11-7-8-16(4)13-21)20(23)22-18-9-10-19(17(5)12-18)24-14-15(2)3/h9-10,12,15-16H,6-8,11,13-14H2,1-5H3,(H,22,23). The van der Waals surface area contributed by atoms with Crippen LogP contribution in [0, 0.1) is 18.8 Å². The molecule has 1 aromatic carbocycles. The summed E-state index contributed by atoms with van der Waals surface area (Å²) in [6.07, 6.45) is 3.80. The summed E-state index contributed by atoms with van der Waals surface area (Å²) in [7, 11) is 0. The average Bonchev–Trinajstić information content (AvgIpc) is 2.54. The Hall–Kier alpha value is -1.55. The molecular weight excluding hydrogens is 314 g/mol. The van der Waals surface area contributed by atoms with Crippen LogP contribution in [0.3, 0.4) is 0 Å². The summed E-state index contributed by atoms with van der Waals surface area (Å²) in [4.78, 5) is 13.0. The van der Waals surface area contributed by atoms with Crippen LogP contribution in [0.15, 0.2) is 18.2 Å². The molecule has 0 aromatic heterocycles. The molecule has 140 valence electrons. The molecule has 2 atom stereocenters. The Labute approximate surface area is 152 Å². The molecule has 1 N–H and O–H groups in total. The van der Waals surface area contributed by atoms with Crippen LogP contribution in [-0.4, -0.2) is 24.7 Å². The number of amides is 1. The Morgan fingerprint density at radius 1 is 1.40 bits per heavy atom. The van der Waals surface area contributed by atoms with Gasteiger partial charge in [-0.05, 0) is 68.7 Å². The lowest BCUT2D eigenvalue weighted by atomic mass is 9.78. The van der Waals surface area contributed by atoms with Crippen LogP contribution in [0.4, 0.5) is 5.69 Å². The van der Waals surface area contributed by atoms with Crippen LogP contribution in [0.5, 0.6) is 5.75 Å². The van der Waals surface area contributed by atoms with Gasteiger partial charge in [-0.2, -0.15) is 0 Å². The summed E-state index contributed by atoms with van der Waals surface area (Å²) in [6.45, 7) is 11.7. The monoisotopic (exact) mass is 347 g/mol. The van der Waals surface area contributed by atoms with Gasteiger partial charge in [0, 0.05) is 12.3 Å². The number of benzene rings is 1. The largest absolute Gasteiger partial charge is 0.493 e. The van der Waals surface area contributed by atoms with Gasteiger partial charge in [0.15, 0.2) is 0 Å². The summed E-state index contributed by atoms with van der Waals surface area (Å²) in [5.41, 5.74) is 1.14. The first kappa shape index (κ1) is 19.8. The Morgan fingerprint density at radius 3 is 2.76 bits per heavy atom. The maximum atomic E-state index is 13.0. The highest BCUT2D eigenvalue weighted by Crippen LogP contribution is 2.36. The first-order valence-corrected chi connectivity index (χ1v) is 9.55. The van der Waals surface area contributed by atoms with Crippen molar-refractivity contribution in [3.05, 3.63) is 23.8 Å². The van der Waals surface area contributed by atoms with E-state index in [-0.39, 0.29) is 5.91 Å². The molecule has 1 aliphatic rings. The van der Waals surface area contributed by atoms with Crippen LogP contribution < -0.4 is 10.1 Å². The Bertz CT molecular complexity index is 581. The van der Waals surface area contributed by atoms with Crippen molar-refractivity contribution in [2.45, 2.75) is 65.9 Å². The van der Waals surface area contributed by atoms with Gasteiger partial charge in [-0.1, -0.05) is 27.2 Å². The highest BCUT2D eigenvalue weighted by atomic mass is 16.5. The summed E-state index contributed by atoms with van der Waals surface area (Å²) in [6, 6.07) is 5.82. The molecule has 1 aliphatic carbocycles. The number of carbonyl (C=O) groups is 1. The number of aryl methyl sites for hydroxylation is 1. The number of hydrogen-bond acceptors (Lipinski definition) is 3. The number of nitrogens with one attached hydrogen (secondary N) is 1. The van der Waals surface area contributed by atoms with Crippen molar-refractivity contribution in [2.24, 2.45) is 11.8 Å². The Morgan fingerprint density at radius 2 is 2.16 bits per heavy atom. The zero-order valence-corrected chi connectivity index (χ0v) is 16.4. The van der Waals surface area contributed by atoms with Gasteiger partial charge in [0.2, 0.25) is 0 Å². The number of carbonyl (C=O) groups excluding carboxylic acids is 1. The van der Waals surface area contributed by atoms with E-state index in [0.29, 0.717) is 25.0 Å². The van der Waals surface area contributed by atoms with Crippen LogP contribution >= 0.6 is 0 Å². The zero-order chi connectivity index (χ0) is 18.4. The van der Waals surface area contributed by atoms with Crippen molar-refractivity contribution in [3.63, 3.8) is 0 Å². The molecule has 1 amide bonds. The van der Waals surface area contributed by atoms with E-state index in [9.17, 15) is 4.79 Å². The van der Waals surface area contributed by atoms with Crippen molar-refractivity contribution in [1.82, 2.24) is 0 Å². The molecule has 1 fully saturated rings. The molecule has 0 heterocycles. The van der Waals surface area contributed by atoms with E-state index in [4.69, 9.17) is 9.47 Å². The summed E-state index contributed by atoms with van der Waals surface area (Å²) in [5, 5.41) is 3.07. The van der Waals surface area contributed by atoms with Gasteiger partial charge in [0.25, 0.3) is 5.91 Å². The minimum atomic E-state index is -0.687. The summed E-state index contributed by atoms with van der Waals surface area (Å²) < 4.78 is 11.8. The van der Waals surface area contributed by atoms with E-state index in [1.165, 1.54) is 6.42 Å². The van der Waals surface area contributed by atoms with Crippen LogP contribution in [0.2, 0.25) is 0 Å². The molecule has 4 nitrogen and oxygen atoms in total. The lowest BCUT2D eigenvalue weighted by molar-refractivity contribution is -0.147. The highest BCUT2D eigenvalue weighted by molar-refractivity contribution is 5.97. The fraction of sp³-hybridized carbons (Fsp3) is 0.667. The maximum absolute atomic E-state index is 13.0. The number of anilines is 1. The molecule has 1 aromatic rings. The minimum absolute atomic E-state index is 0.0175.